The number of alkyl halides is 3. The number of anilines is 1. The number of amides is 2. The molecule has 2 aromatic carbocycles. The smallest absolute Gasteiger partial charge is 0.364 e. The van der Waals surface area contributed by atoms with Gasteiger partial charge in [-0.3, -0.25) is 14.7 Å². The van der Waals surface area contributed by atoms with Gasteiger partial charge in [0.05, 0.1) is 18.2 Å². The van der Waals surface area contributed by atoms with Crippen LogP contribution < -0.4 is 5.32 Å². The first-order valence-electron chi connectivity index (χ1n) is 10.9. The first-order valence-corrected chi connectivity index (χ1v) is 10.9. The van der Waals surface area contributed by atoms with Crippen molar-refractivity contribution >= 4 is 29.3 Å². The molecule has 36 heavy (non-hydrogen) atoms. The molecule has 0 aliphatic carbocycles. The van der Waals surface area contributed by atoms with Crippen molar-refractivity contribution in [1.29, 1.82) is 0 Å². The second-order valence-electron chi connectivity index (χ2n) is 7.91. The molecule has 3 aromatic rings. The van der Waals surface area contributed by atoms with Gasteiger partial charge in [-0.2, -0.15) is 18.3 Å². The SMILES string of the molecule is CCOC1C=C(c2ccc(CC(=O)Nc3cc(-c4cn[nH]c4)cc(C(F)(F)F)c3)c(F)c2)C=NC1=O. The number of nitrogens with zero attached hydrogens (tertiary/aromatic N) is 2. The van der Waals surface area contributed by atoms with E-state index in [-0.39, 0.29) is 16.8 Å². The van der Waals surface area contributed by atoms with Crippen molar-refractivity contribution in [2.24, 2.45) is 4.99 Å². The van der Waals surface area contributed by atoms with Crippen LogP contribution in [0.5, 0.6) is 0 Å². The van der Waals surface area contributed by atoms with E-state index < -0.39 is 41.9 Å². The van der Waals surface area contributed by atoms with E-state index in [4.69, 9.17) is 4.74 Å². The highest BCUT2D eigenvalue weighted by Crippen LogP contribution is 2.35. The van der Waals surface area contributed by atoms with Crippen molar-refractivity contribution in [3.05, 3.63) is 77.4 Å². The molecule has 1 aromatic heterocycles. The lowest BCUT2D eigenvalue weighted by atomic mass is 10.00. The fourth-order valence-corrected chi connectivity index (χ4v) is 3.64. The van der Waals surface area contributed by atoms with Crippen LogP contribution in [0.1, 0.15) is 23.6 Å². The Balaban J connectivity index is 1.52. The summed E-state index contributed by atoms with van der Waals surface area (Å²) in [6.07, 6.45) is -0.271. The van der Waals surface area contributed by atoms with Gasteiger partial charge in [0.2, 0.25) is 5.91 Å². The molecule has 7 nitrogen and oxygen atoms in total. The lowest BCUT2D eigenvalue weighted by Crippen LogP contribution is -2.23. The van der Waals surface area contributed by atoms with Gasteiger partial charge in [0.25, 0.3) is 5.91 Å². The molecule has 1 aliphatic rings. The summed E-state index contributed by atoms with van der Waals surface area (Å²) < 4.78 is 60.2. The summed E-state index contributed by atoms with van der Waals surface area (Å²) in [6, 6.07) is 7.29. The number of dihydropyridines is 1. The fourth-order valence-electron chi connectivity index (χ4n) is 3.64. The molecule has 11 heteroatoms. The van der Waals surface area contributed by atoms with Gasteiger partial charge in [-0.1, -0.05) is 12.1 Å². The number of benzene rings is 2. The molecule has 1 atom stereocenters. The molecule has 1 aliphatic heterocycles. The number of carbonyl (C=O) groups excluding carboxylic acids is 2. The van der Waals surface area contributed by atoms with Crippen LogP contribution in [0, 0.1) is 5.82 Å². The third kappa shape index (κ3) is 5.74. The number of hydrogen-bond donors (Lipinski definition) is 2. The Kier molecular flexibility index (Phi) is 7.11. The average molecular weight is 500 g/mol. The van der Waals surface area contributed by atoms with Crippen LogP contribution in [0.15, 0.2) is 59.9 Å². The standard InChI is InChI=1S/C25H20F4N4O3/c1-2-36-22-8-17(11-30-24(22)35)14-3-4-15(21(26)7-14)9-23(34)33-20-6-16(18-12-31-32-13-18)5-19(10-20)25(27,28)29/h3-8,10-13,22H,2,9H2,1H3,(H,31,32)(H,33,34). The van der Waals surface area contributed by atoms with E-state index in [2.05, 4.69) is 20.5 Å². The van der Waals surface area contributed by atoms with E-state index in [1.54, 1.807) is 13.0 Å². The molecule has 0 radical (unpaired) electrons. The number of aliphatic imine (C=N–C) groups is 1. The van der Waals surface area contributed by atoms with Crippen LogP contribution in [0.4, 0.5) is 23.2 Å². The second kappa shape index (κ2) is 10.2. The van der Waals surface area contributed by atoms with Crippen molar-refractivity contribution in [3.8, 4) is 11.1 Å². The lowest BCUT2D eigenvalue weighted by Gasteiger charge is -2.15. The Morgan fingerprint density at radius 2 is 1.94 bits per heavy atom. The molecule has 2 N–H and O–H groups in total. The van der Waals surface area contributed by atoms with E-state index in [1.807, 2.05) is 0 Å². The summed E-state index contributed by atoms with van der Waals surface area (Å²) in [5.41, 5.74) is 0.544. The molecule has 0 fully saturated rings. The first-order chi connectivity index (χ1) is 17.1. The molecule has 186 valence electrons. The number of H-pyrrole nitrogens is 1. The number of nitrogens with one attached hydrogen (secondary N) is 2. The second-order valence-corrected chi connectivity index (χ2v) is 7.91. The van der Waals surface area contributed by atoms with E-state index in [0.29, 0.717) is 23.3 Å². The number of allylic oxidation sites excluding steroid dienone is 1. The van der Waals surface area contributed by atoms with Crippen LogP contribution in [0.3, 0.4) is 0 Å². The lowest BCUT2D eigenvalue weighted by molar-refractivity contribution is -0.137. The maximum Gasteiger partial charge on any atom is 0.416 e. The number of hydrogen-bond acceptors (Lipinski definition) is 4. The molecule has 0 spiro atoms. The molecule has 0 saturated carbocycles. The molecule has 2 amide bonds. The van der Waals surface area contributed by atoms with Crippen LogP contribution in [0.25, 0.3) is 16.7 Å². The highest BCUT2D eigenvalue weighted by Gasteiger charge is 2.31. The zero-order valence-corrected chi connectivity index (χ0v) is 18.9. The molecule has 1 unspecified atom stereocenters. The minimum atomic E-state index is -4.63. The quantitative estimate of drug-likeness (QED) is 0.455. The predicted octanol–water partition coefficient (Wildman–Crippen LogP) is 4.82. The molecule has 4 rings (SSSR count). The van der Waals surface area contributed by atoms with Gasteiger partial charge >= 0.3 is 6.18 Å². The number of aromatic amines is 1. The monoisotopic (exact) mass is 500 g/mol. The molecule has 2 heterocycles. The van der Waals surface area contributed by atoms with Crippen molar-refractivity contribution in [3.63, 3.8) is 0 Å². The maximum atomic E-state index is 14.8. The van der Waals surface area contributed by atoms with Crippen LogP contribution in [0.2, 0.25) is 0 Å². The summed E-state index contributed by atoms with van der Waals surface area (Å²) in [5.74, 6) is -1.84. The van der Waals surface area contributed by atoms with Crippen molar-refractivity contribution in [2.45, 2.75) is 25.6 Å². The predicted molar refractivity (Wildman–Crippen MR) is 125 cm³/mol. The zero-order chi connectivity index (χ0) is 25.9. The summed E-state index contributed by atoms with van der Waals surface area (Å²) in [4.78, 5) is 28.1. The van der Waals surface area contributed by atoms with Crippen LogP contribution in [-0.2, 0) is 26.9 Å². The van der Waals surface area contributed by atoms with Gasteiger partial charge in [0.1, 0.15) is 5.82 Å². The summed E-state index contributed by atoms with van der Waals surface area (Å²) in [7, 11) is 0. The maximum absolute atomic E-state index is 14.8. The van der Waals surface area contributed by atoms with Crippen molar-refractivity contribution in [1.82, 2.24) is 10.2 Å². The molecular weight excluding hydrogens is 480 g/mol. The van der Waals surface area contributed by atoms with Crippen LogP contribution in [-0.4, -0.2) is 40.9 Å². The van der Waals surface area contributed by atoms with E-state index in [1.165, 1.54) is 42.9 Å². The Hall–Kier alpha value is -4.12. The van der Waals surface area contributed by atoms with Crippen LogP contribution >= 0.6 is 0 Å². The Morgan fingerprint density at radius 3 is 2.61 bits per heavy atom. The van der Waals surface area contributed by atoms with Gasteiger partial charge in [-0.15, -0.1) is 0 Å². The third-order valence-corrected chi connectivity index (χ3v) is 5.36. The van der Waals surface area contributed by atoms with Gasteiger partial charge in [-0.05, 0) is 59.5 Å². The normalized spacial score (nSPS) is 15.6. The number of ether oxygens (including phenoxy) is 1. The fraction of sp³-hybridized carbons (Fsp3) is 0.200. The number of carbonyl (C=O) groups is 2. The van der Waals surface area contributed by atoms with E-state index in [9.17, 15) is 27.2 Å². The molecule has 0 saturated heterocycles. The van der Waals surface area contributed by atoms with E-state index in [0.717, 1.165) is 12.1 Å². The zero-order valence-electron chi connectivity index (χ0n) is 18.9. The highest BCUT2D eigenvalue weighted by molar-refractivity contribution is 6.17. The Bertz CT molecular complexity index is 1350. The topological polar surface area (TPSA) is 96.4 Å². The number of aromatic nitrogens is 2. The van der Waals surface area contributed by atoms with Gasteiger partial charge in [-0.25, -0.2) is 9.38 Å². The number of halogens is 4. The molecule has 0 bridgehead atoms. The van der Waals surface area contributed by atoms with Crippen molar-refractivity contribution in [2.75, 3.05) is 11.9 Å². The Labute approximate surface area is 202 Å². The average Bonchev–Trinajstić information content (AvgIpc) is 3.36. The minimum absolute atomic E-state index is 0.0454. The molecular formula is C25H20F4N4O3. The largest absolute Gasteiger partial charge is 0.416 e. The first kappa shape index (κ1) is 25.0. The minimum Gasteiger partial charge on any atom is -0.364 e. The summed E-state index contributed by atoms with van der Waals surface area (Å²) >= 11 is 0. The van der Waals surface area contributed by atoms with Crippen molar-refractivity contribution < 1.29 is 31.9 Å². The van der Waals surface area contributed by atoms with Gasteiger partial charge < -0.3 is 10.1 Å². The van der Waals surface area contributed by atoms with E-state index >= 15 is 0 Å². The van der Waals surface area contributed by atoms with Gasteiger partial charge in [0, 0.05) is 30.3 Å². The van der Waals surface area contributed by atoms with Gasteiger partial charge in [0.15, 0.2) is 6.10 Å². The third-order valence-electron chi connectivity index (χ3n) is 5.36. The number of rotatable bonds is 7. The Morgan fingerprint density at radius 1 is 1.14 bits per heavy atom. The summed E-state index contributed by atoms with van der Waals surface area (Å²) in [5, 5.41) is 8.67. The summed E-state index contributed by atoms with van der Waals surface area (Å²) in [6.45, 7) is 2.03. The highest BCUT2D eigenvalue weighted by atomic mass is 19.4.